The first kappa shape index (κ1) is 17.6. The Balaban J connectivity index is 1.74. The standard InChI is InChI=1S/C19H18BrFN2O2/c1-11-3-5-14(9-12(11)2)23-8-7-15(19(23)25)18(24)22-17-6-4-13(20)10-16(17)21/h3-6,9-10,15H,7-8H2,1-2H3,(H,22,24). The summed E-state index contributed by atoms with van der Waals surface area (Å²) in [7, 11) is 0. The third-order valence-electron chi connectivity index (χ3n) is 4.51. The smallest absolute Gasteiger partial charge is 0.239 e. The maximum absolute atomic E-state index is 13.9. The molecule has 25 heavy (non-hydrogen) atoms. The summed E-state index contributed by atoms with van der Waals surface area (Å²) in [6.07, 6.45) is 0.412. The number of nitrogens with one attached hydrogen (secondary N) is 1. The average Bonchev–Trinajstić information content (AvgIpc) is 2.94. The van der Waals surface area contributed by atoms with Crippen LogP contribution in [0.25, 0.3) is 0 Å². The second-order valence-electron chi connectivity index (χ2n) is 6.21. The van der Waals surface area contributed by atoms with E-state index in [1.54, 1.807) is 11.0 Å². The van der Waals surface area contributed by atoms with Crippen LogP contribution in [0.1, 0.15) is 17.5 Å². The molecule has 2 amide bonds. The molecule has 0 radical (unpaired) electrons. The molecule has 0 aliphatic carbocycles. The minimum atomic E-state index is -0.801. The lowest BCUT2D eigenvalue weighted by Crippen LogP contribution is -2.33. The van der Waals surface area contributed by atoms with Crippen molar-refractivity contribution in [1.29, 1.82) is 0 Å². The number of anilines is 2. The zero-order chi connectivity index (χ0) is 18.1. The lowest BCUT2D eigenvalue weighted by molar-refractivity contribution is -0.129. The molecule has 1 heterocycles. The van der Waals surface area contributed by atoms with Gasteiger partial charge in [-0.3, -0.25) is 9.59 Å². The quantitative estimate of drug-likeness (QED) is 0.779. The van der Waals surface area contributed by atoms with Crippen LogP contribution in [0.3, 0.4) is 0 Å². The van der Waals surface area contributed by atoms with Gasteiger partial charge in [-0.1, -0.05) is 22.0 Å². The second-order valence-corrected chi connectivity index (χ2v) is 7.13. The minimum absolute atomic E-state index is 0.0747. The number of hydrogen-bond donors (Lipinski definition) is 1. The molecule has 1 aliphatic heterocycles. The number of nitrogens with zero attached hydrogens (tertiary/aromatic N) is 1. The van der Waals surface area contributed by atoms with Crippen LogP contribution in [-0.2, 0) is 9.59 Å². The predicted molar refractivity (Wildman–Crippen MR) is 99.1 cm³/mol. The number of hydrogen-bond acceptors (Lipinski definition) is 2. The van der Waals surface area contributed by atoms with Gasteiger partial charge in [0.15, 0.2) is 0 Å². The van der Waals surface area contributed by atoms with E-state index in [9.17, 15) is 14.0 Å². The van der Waals surface area contributed by atoms with Crippen LogP contribution in [0, 0.1) is 25.6 Å². The first-order valence-electron chi connectivity index (χ1n) is 8.01. The Morgan fingerprint density at radius 3 is 2.64 bits per heavy atom. The Morgan fingerprint density at radius 1 is 1.20 bits per heavy atom. The van der Waals surface area contributed by atoms with E-state index in [2.05, 4.69) is 21.2 Å². The Morgan fingerprint density at radius 2 is 1.96 bits per heavy atom. The molecule has 0 bridgehead atoms. The van der Waals surface area contributed by atoms with Crippen LogP contribution >= 0.6 is 15.9 Å². The highest BCUT2D eigenvalue weighted by Crippen LogP contribution is 2.28. The van der Waals surface area contributed by atoms with Gasteiger partial charge in [0.25, 0.3) is 0 Å². The molecule has 0 spiro atoms. The molecule has 4 nitrogen and oxygen atoms in total. The van der Waals surface area contributed by atoms with Crippen molar-refractivity contribution in [2.75, 3.05) is 16.8 Å². The molecule has 1 fully saturated rings. The summed E-state index contributed by atoms with van der Waals surface area (Å²) in [4.78, 5) is 26.7. The maximum atomic E-state index is 13.9. The zero-order valence-corrected chi connectivity index (χ0v) is 15.6. The van der Waals surface area contributed by atoms with E-state index in [4.69, 9.17) is 0 Å². The van der Waals surface area contributed by atoms with Gasteiger partial charge in [-0.25, -0.2) is 4.39 Å². The summed E-state index contributed by atoms with van der Waals surface area (Å²) < 4.78 is 14.5. The van der Waals surface area contributed by atoms with Crippen molar-refractivity contribution in [3.63, 3.8) is 0 Å². The molecule has 1 unspecified atom stereocenters. The molecule has 1 saturated heterocycles. The van der Waals surface area contributed by atoms with E-state index in [0.29, 0.717) is 17.4 Å². The SMILES string of the molecule is Cc1ccc(N2CCC(C(=O)Nc3ccc(Br)cc3F)C2=O)cc1C. The van der Waals surface area contributed by atoms with Gasteiger partial charge < -0.3 is 10.2 Å². The number of amides is 2. The van der Waals surface area contributed by atoms with Crippen LogP contribution < -0.4 is 10.2 Å². The highest BCUT2D eigenvalue weighted by molar-refractivity contribution is 9.10. The topological polar surface area (TPSA) is 49.4 Å². The first-order valence-corrected chi connectivity index (χ1v) is 8.80. The lowest BCUT2D eigenvalue weighted by atomic mass is 10.1. The van der Waals surface area contributed by atoms with E-state index in [1.807, 2.05) is 32.0 Å². The van der Waals surface area contributed by atoms with Crippen LogP contribution in [0.4, 0.5) is 15.8 Å². The minimum Gasteiger partial charge on any atom is -0.323 e. The highest BCUT2D eigenvalue weighted by Gasteiger charge is 2.37. The molecule has 1 N–H and O–H groups in total. The van der Waals surface area contributed by atoms with Gasteiger partial charge in [-0.2, -0.15) is 0 Å². The highest BCUT2D eigenvalue weighted by atomic mass is 79.9. The largest absolute Gasteiger partial charge is 0.323 e. The van der Waals surface area contributed by atoms with E-state index < -0.39 is 17.6 Å². The van der Waals surface area contributed by atoms with Crippen LogP contribution in [0.5, 0.6) is 0 Å². The van der Waals surface area contributed by atoms with Crippen molar-refractivity contribution in [2.24, 2.45) is 5.92 Å². The molecular weight excluding hydrogens is 387 g/mol. The summed E-state index contributed by atoms with van der Waals surface area (Å²) in [5.74, 6) is -2.07. The van der Waals surface area contributed by atoms with Gasteiger partial charge in [-0.05, 0) is 61.7 Å². The number of benzene rings is 2. The molecule has 1 aliphatic rings. The van der Waals surface area contributed by atoms with Crippen molar-refractivity contribution in [3.8, 4) is 0 Å². The maximum Gasteiger partial charge on any atom is 0.239 e. The van der Waals surface area contributed by atoms with Gasteiger partial charge in [-0.15, -0.1) is 0 Å². The Bertz CT molecular complexity index is 853. The number of rotatable bonds is 3. The molecule has 0 aromatic heterocycles. The van der Waals surface area contributed by atoms with Gasteiger partial charge in [0.1, 0.15) is 11.7 Å². The number of carbonyl (C=O) groups is 2. The van der Waals surface area contributed by atoms with E-state index in [1.165, 1.54) is 12.1 Å². The van der Waals surface area contributed by atoms with Crippen LogP contribution in [-0.4, -0.2) is 18.4 Å². The summed E-state index contributed by atoms with van der Waals surface area (Å²) >= 11 is 3.17. The molecule has 3 rings (SSSR count). The second kappa shape index (κ2) is 6.96. The summed E-state index contributed by atoms with van der Waals surface area (Å²) in [6.45, 7) is 4.47. The van der Waals surface area contributed by atoms with E-state index in [0.717, 1.165) is 16.8 Å². The van der Waals surface area contributed by atoms with Crippen molar-refractivity contribution < 1.29 is 14.0 Å². The summed E-state index contributed by atoms with van der Waals surface area (Å²) in [5, 5.41) is 2.52. The Hall–Kier alpha value is -2.21. The van der Waals surface area contributed by atoms with Crippen molar-refractivity contribution in [1.82, 2.24) is 0 Å². The Kier molecular flexibility index (Phi) is 4.90. The summed E-state index contributed by atoms with van der Waals surface area (Å²) in [5.41, 5.74) is 3.11. The molecular formula is C19H18BrFN2O2. The normalized spacial score (nSPS) is 17.0. The van der Waals surface area contributed by atoms with Crippen LogP contribution in [0.15, 0.2) is 40.9 Å². The monoisotopic (exact) mass is 404 g/mol. The van der Waals surface area contributed by atoms with Gasteiger partial charge >= 0.3 is 0 Å². The zero-order valence-electron chi connectivity index (χ0n) is 14.0. The lowest BCUT2D eigenvalue weighted by Gasteiger charge is -2.18. The average molecular weight is 405 g/mol. The molecule has 1 atom stereocenters. The van der Waals surface area contributed by atoms with Crippen LogP contribution in [0.2, 0.25) is 0 Å². The molecule has 2 aromatic carbocycles. The molecule has 0 saturated carbocycles. The fourth-order valence-corrected chi connectivity index (χ4v) is 3.22. The first-order chi connectivity index (χ1) is 11.9. The molecule has 6 heteroatoms. The fourth-order valence-electron chi connectivity index (χ4n) is 2.88. The Labute approximate surface area is 154 Å². The van der Waals surface area contributed by atoms with Gasteiger partial charge in [0.2, 0.25) is 11.8 Å². The predicted octanol–water partition coefficient (Wildman–Crippen LogP) is 4.20. The number of aryl methyl sites for hydroxylation is 2. The van der Waals surface area contributed by atoms with E-state index >= 15 is 0 Å². The third kappa shape index (κ3) is 3.58. The van der Waals surface area contributed by atoms with Crippen molar-refractivity contribution >= 4 is 39.1 Å². The van der Waals surface area contributed by atoms with E-state index in [-0.39, 0.29) is 11.6 Å². The van der Waals surface area contributed by atoms with Crippen molar-refractivity contribution in [3.05, 3.63) is 57.8 Å². The fraction of sp³-hybridized carbons (Fsp3) is 0.263. The molecule has 2 aromatic rings. The number of halogens is 2. The number of carbonyl (C=O) groups excluding carboxylic acids is 2. The summed E-state index contributed by atoms with van der Waals surface area (Å²) in [6, 6.07) is 10.2. The van der Waals surface area contributed by atoms with Crippen molar-refractivity contribution in [2.45, 2.75) is 20.3 Å². The van der Waals surface area contributed by atoms with Gasteiger partial charge in [0.05, 0.1) is 5.69 Å². The molecule has 130 valence electrons. The third-order valence-corrected chi connectivity index (χ3v) is 5.01. The van der Waals surface area contributed by atoms with Gasteiger partial charge in [0, 0.05) is 16.7 Å².